The van der Waals surface area contributed by atoms with E-state index in [2.05, 4.69) is 20.6 Å². The van der Waals surface area contributed by atoms with Gasteiger partial charge >= 0.3 is 0 Å². The zero-order valence-corrected chi connectivity index (χ0v) is 17.1. The zero-order valence-electron chi connectivity index (χ0n) is 15.6. The number of imidazole rings is 1. The number of aryl methyl sites for hydroxylation is 1. The Kier molecular flexibility index (Phi) is 5.43. The second-order valence-electron chi connectivity index (χ2n) is 6.64. The topological polar surface area (TPSA) is 69.8 Å². The molecule has 0 unspecified atom stereocenters. The number of anilines is 2. The summed E-state index contributed by atoms with van der Waals surface area (Å²) in [7, 11) is 0. The first kappa shape index (κ1) is 19.3. The number of benzene rings is 3. The van der Waals surface area contributed by atoms with Crippen molar-refractivity contribution in [2.45, 2.75) is 13.5 Å². The van der Waals surface area contributed by atoms with E-state index in [4.69, 9.17) is 23.2 Å². The third-order valence-corrected chi connectivity index (χ3v) is 5.34. The molecular formula is C22H18Cl2N4O. The van der Waals surface area contributed by atoms with Gasteiger partial charge < -0.3 is 15.6 Å². The van der Waals surface area contributed by atoms with Crippen LogP contribution in [0.2, 0.25) is 10.0 Å². The van der Waals surface area contributed by atoms with Gasteiger partial charge in [0.1, 0.15) is 0 Å². The van der Waals surface area contributed by atoms with Crippen LogP contribution in [0.5, 0.6) is 0 Å². The molecule has 7 heteroatoms. The number of hydrogen-bond acceptors (Lipinski definition) is 3. The number of aromatic nitrogens is 2. The molecule has 0 aliphatic rings. The van der Waals surface area contributed by atoms with Crippen molar-refractivity contribution in [1.29, 1.82) is 0 Å². The van der Waals surface area contributed by atoms with Gasteiger partial charge in [0.15, 0.2) is 0 Å². The monoisotopic (exact) mass is 424 g/mol. The minimum atomic E-state index is -0.173. The highest BCUT2D eigenvalue weighted by atomic mass is 35.5. The lowest BCUT2D eigenvalue weighted by Gasteiger charge is -2.08. The fraction of sp³-hybridized carbons (Fsp3) is 0.0909. The van der Waals surface area contributed by atoms with Gasteiger partial charge in [0.25, 0.3) is 5.91 Å². The number of para-hydroxylation sites is 1. The van der Waals surface area contributed by atoms with Gasteiger partial charge in [0.05, 0.1) is 11.0 Å². The molecule has 1 aromatic heterocycles. The summed E-state index contributed by atoms with van der Waals surface area (Å²) in [6, 6.07) is 18.4. The average Bonchev–Trinajstić information content (AvgIpc) is 3.11. The first-order chi connectivity index (χ1) is 14.0. The number of halogens is 2. The Bertz CT molecular complexity index is 1180. The van der Waals surface area contributed by atoms with Gasteiger partial charge in [-0.15, -0.1) is 0 Å². The number of rotatable bonds is 5. The molecule has 1 amide bonds. The number of H-pyrrole nitrogens is 1. The zero-order chi connectivity index (χ0) is 20.4. The number of hydrogen-bond donors (Lipinski definition) is 3. The summed E-state index contributed by atoms with van der Waals surface area (Å²) in [5.74, 6) is 0.403. The molecule has 0 saturated carbocycles. The van der Waals surface area contributed by atoms with Crippen LogP contribution < -0.4 is 10.6 Å². The van der Waals surface area contributed by atoms with E-state index in [-0.39, 0.29) is 5.91 Å². The molecule has 4 rings (SSSR count). The molecule has 146 valence electrons. The van der Waals surface area contributed by atoms with E-state index >= 15 is 0 Å². The number of aromatic amines is 1. The summed E-state index contributed by atoms with van der Waals surface area (Å²) < 4.78 is 0. The standard InChI is InChI=1S/C22H18Cl2N4O/c1-13-5-2-3-8-18(13)26-21(29)14-9-10-19-20(11-14)28-22(27-19)25-12-15-16(23)6-4-7-17(15)24/h2-11H,12H2,1H3,(H,26,29)(H2,25,27,28). The Morgan fingerprint density at radius 2 is 1.79 bits per heavy atom. The van der Waals surface area contributed by atoms with E-state index < -0.39 is 0 Å². The Morgan fingerprint density at radius 1 is 1.03 bits per heavy atom. The first-order valence-electron chi connectivity index (χ1n) is 9.05. The molecule has 1 heterocycles. The molecule has 0 aliphatic carbocycles. The summed E-state index contributed by atoms with van der Waals surface area (Å²) in [5, 5.41) is 7.32. The van der Waals surface area contributed by atoms with Crippen LogP contribution in [-0.4, -0.2) is 15.9 Å². The molecule has 0 bridgehead atoms. The number of carbonyl (C=O) groups excluding carboxylic acids is 1. The average molecular weight is 425 g/mol. The Morgan fingerprint density at radius 3 is 2.55 bits per heavy atom. The first-order valence-corrected chi connectivity index (χ1v) is 9.80. The quantitative estimate of drug-likeness (QED) is 0.365. The van der Waals surface area contributed by atoms with Crippen molar-refractivity contribution in [1.82, 2.24) is 9.97 Å². The SMILES string of the molecule is Cc1ccccc1NC(=O)c1ccc2nc(NCc3c(Cl)cccc3Cl)[nH]c2c1. The Labute approximate surface area is 178 Å². The van der Waals surface area contributed by atoms with Crippen LogP contribution >= 0.6 is 23.2 Å². The van der Waals surface area contributed by atoms with Crippen LogP contribution in [0.15, 0.2) is 60.7 Å². The van der Waals surface area contributed by atoms with Gasteiger partial charge in [0.2, 0.25) is 5.95 Å². The summed E-state index contributed by atoms with van der Waals surface area (Å²) in [5.41, 5.74) is 4.66. The van der Waals surface area contributed by atoms with E-state index in [1.807, 2.05) is 37.3 Å². The number of fused-ring (bicyclic) bond motifs is 1. The van der Waals surface area contributed by atoms with Gasteiger partial charge in [-0.3, -0.25) is 4.79 Å². The normalized spacial score (nSPS) is 10.9. The van der Waals surface area contributed by atoms with Crippen molar-refractivity contribution >= 4 is 51.8 Å². The van der Waals surface area contributed by atoms with Gasteiger partial charge in [-0.05, 0) is 48.9 Å². The molecule has 0 aliphatic heterocycles. The predicted molar refractivity (Wildman–Crippen MR) is 119 cm³/mol. The van der Waals surface area contributed by atoms with Gasteiger partial charge in [-0.25, -0.2) is 4.98 Å². The van der Waals surface area contributed by atoms with Crippen molar-refractivity contribution in [2.75, 3.05) is 10.6 Å². The smallest absolute Gasteiger partial charge is 0.255 e. The van der Waals surface area contributed by atoms with Crippen molar-refractivity contribution in [3.05, 3.63) is 87.4 Å². The summed E-state index contributed by atoms with van der Waals surface area (Å²) in [6.45, 7) is 2.38. The number of nitrogens with zero attached hydrogens (tertiary/aromatic N) is 1. The van der Waals surface area contributed by atoms with E-state index in [0.717, 1.165) is 27.8 Å². The third-order valence-electron chi connectivity index (χ3n) is 4.63. The largest absolute Gasteiger partial charge is 0.352 e. The number of carbonyl (C=O) groups is 1. The van der Waals surface area contributed by atoms with Crippen molar-refractivity contribution in [3.63, 3.8) is 0 Å². The fourth-order valence-corrected chi connectivity index (χ4v) is 3.55. The van der Waals surface area contributed by atoms with Crippen molar-refractivity contribution in [2.24, 2.45) is 0 Å². The van der Waals surface area contributed by atoms with Crippen LogP contribution in [0.3, 0.4) is 0 Å². The maximum Gasteiger partial charge on any atom is 0.255 e. The molecule has 29 heavy (non-hydrogen) atoms. The molecule has 4 aromatic rings. The molecule has 0 radical (unpaired) electrons. The number of amides is 1. The highest BCUT2D eigenvalue weighted by Gasteiger charge is 2.11. The van der Waals surface area contributed by atoms with Gasteiger partial charge in [-0.1, -0.05) is 47.5 Å². The molecule has 0 spiro atoms. The summed E-state index contributed by atoms with van der Waals surface area (Å²) in [4.78, 5) is 20.3. The summed E-state index contributed by atoms with van der Waals surface area (Å²) in [6.07, 6.45) is 0. The Hall–Kier alpha value is -3.02. The maximum atomic E-state index is 12.6. The van der Waals surface area contributed by atoms with Crippen LogP contribution in [0, 0.1) is 6.92 Å². The van der Waals surface area contributed by atoms with Crippen molar-refractivity contribution < 1.29 is 4.79 Å². The lowest BCUT2D eigenvalue weighted by atomic mass is 10.1. The second kappa shape index (κ2) is 8.15. The van der Waals surface area contributed by atoms with E-state index in [0.29, 0.717) is 28.1 Å². The molecular weight excluding hydrogens is 407 g/mol. The lowest BCUT2D eigenvalue weighted by Crippen LogP contribution is -2.12. The van der Waals surface area contributed by atoms with Crippen LogP contribution in [-0.2, 0) is 6.54 Å². The fourth-order valence-electron chi connectivity index (χ4n) is 3.02. The molecule has 3 aromatic carbocycles. The molecule has 0 saturated heterocycles. The minimum absolute atomic E-state index is 0.173. The second-order valence-corrected chi connectivity index (χ2v) is 7.45. The third kappa shape index (κ3) is 4.21. The predicted octanol–water partition coefficient (Wildman–Crippen LogP) is 6.04. The number of nitrogens with one attached hydrogen (secondary N) is 3. The van der Waals surface area contributed by atoms with Crippen LogP contribution in [0.1, 0.15) is 21.5 Å². The van der Waals surface area contributed by atoms with Gasteiger partial charge in [-0.2, -0.15) is 0 Å². The maximum absolute atomic E-state index is 12.6. The summed E-state index contributed by atoms with van der Waals surface area (Å²) >= 11 is 12.4. The lowest BCUT2D eigenvalue weighted by molar-refractivity contribution is 0.102. The highest BCUT2D eigenvalue weighted by molar-refractivity contribution is 6.36. The van der Waals surface area contributed by atoms with Crippen LogP contribution in [0.25, 0.3) is 11.0 Å². The van der Waals surface area contributed by atoms with Crippen molar-refractivity contribution in [3.8, 4) is 0 Å². The van der Waals surface area contributed by atoms with Gasteiger partial charge in [0, 0.05) is 33.4 Å². The molecule has 5 nitrogen and oxygen atoms in total. The molecule has 0 fully saturated rings. The van der Waals surface area contributed by atoms with E-state index in [1.54, 1.807) is 30.3 Å². The Balaban J connectivity index is 1.52. The van der Waals surface area contributed by atoms with E-state index in [9.17, 15) is 4.79 Å². The van der Waals surface area contributed by atoms with E-state index in [1.165, 1.54) is 0 Å². The molecule has 3 N–H and O–H groups in total. The highest BCUT2D eigenvalue weighted by Crippen LogP contribution is 2.25. The van der Waals surface area contributed by atoms with Crippen LogP contribution in [0.4, 0.5) is 11.6 Å². The minimum Gasteiger partial charge on any atom is -0.352 e. The molecule has 0 atom stereocenters.